The zero-order valence-corrected chi connectivity index (χ0v) is 25.0. The van der Waals surface area contributed by atoms with E-state index in [1.807, 2.05) is 55.5 Å². The summed E-state index contributed by atoms with van der Waals surface area (Å²) in [6, 6.07) is 25.6. The van der Waals surface area contributed by atoms with Crippen LogP contribution in [0, 0.1) is 3.57 Å². The Balaban J connectivity index is 1.43. The summed E-state index contributed by atoms with van der Waals surface area (Å²) in [6.07, 6.45) is 2.44. The van der Waals surface area contributed by atoms with E-state index in [1.54, 1.807) is 12.1 Å². The van der Waals surface area contributed by atoms with Crippen LogP contribution >= 0.6 is 34.8 Å². The fourth-order valence-corrected chi connectivity index (χ4v) is 5.56. The fourth-order valence-electron chi connectivity index (χ4n) is 4.50. The molecular formula is C32H27IN2O4S. The average molecular weight is 663 g/mol. The number of ether oxygens (including phenoxy) is 2. The van der Waals surface area contributed by atoms with E-state index in [1.165, 1.54) is 10.3 Å². The standard InChI is InChI=1S/C32H27IN2O4S/c1-3-20-10-13-25(14-11-20)35-31(37)26(30(36)34-32(35)40)16-22-17-27(33)29(28(18-22)38-4-2)39-19-21-9-12-23-7-5-6-8-24(23)15-21/h5-18H,3-4,19H2,1-2H3,(H,34,36,40)/b26-16+. The van der Waals surface area contributed by atoms with E-state index in [0.29, 0.717) is 36.0 Å². The van der Waals surface area contributed by atoms with Crippen molar-refractivity contribution in [2.45, 2.75) is 26.9 Å². The number of fused-ring (bicyclic) bond motifs is 1. The number of amides is 2. The summed E-state index contributed by atoms with van der Waals surface area (Å²) < 4.78 is 12.9. The van der Waals surface area contributed by atoms with Crippen LogP contribution in [-0.2, 0) is 22.6 Å². The van der Waals surface area contributed by atoms with Crippen LogP contribution < -0.4 is 19.7 Å². The third kappa shape index (κ3) is 5.88. The third-order valence-electron chi connectivity index (χ3n) is 6.54. The van der Waals surface area contributed by atoms with Crippen molar-refractivity contribution in [1.82, 2.24) is 5.32 Å². The second kappa shape index (κ2) is 12.2. The minimum absolute atomic E-state index is 0.0174. The minimum atomic E-state index is -0.541. The number of thiocarbonyl (C=S) groups is 1. The number of carbonyl (C=O) groups excluding carboxylic acids is 2. The van der Waals surface area contributed by atoms with Gasteiger partial charge in [0, 0.05) is 0 Å². The van der Waals surface area contributed by atoms with Crippen molar-refractivity contribution >= 4 is 74.3 Å². The summed E-state index contributed by atoms with van der Waals surface area (Å²) in [7, 11) is 0. The molecule has 5 rings (SSSR count). The van der Waals surface area contributed by atoms with Gasteiger partial charge in [-0.3, -0.25) is 19.8 Å². The monoisotopic (exact) mass is 662 g/mol. The Bertz CT molecular complexity index is 1650. The molecule has 2 amide bonds. The quantitative estimate of drug-likeness (QED) is 0.0972. The van der Waals surface area contributed by atoms with E-state index in [9.17, 15) is 9.59 Å². The average Bonchev–Trinajstić information content (AvgIpc) is 2.95. The number of benzene rings is 4. The number of anilines is 1. The molecule has 40 heavy (non-hydrogen) atoms. The number of halogens is 1. The lowest BCUT2D eigenvalue weighted by molar-refractivity contribution is -0.122. The van der Waals surface area contributed by atoms with Crippen molar-refractivity contribution in [1.29, 1.82) is 0 Å². The van der Waals surface area contributed by atoms with Crippen LogP contribution in [0.25, 0.3) is 16.8 Å². The summed E-state index contributed by atoms with van der Waals surface area (Å²) in [6.45, 7) is 4.75. The van der Waals surface area contributed by atoms with Gasteiger partial charge in [0.15, 0.2) is 16.6 Å². The molecule has 4 aromatic carbocycles. The van der Waals surface area contributed by atoms with Crippen LogP contribution in [0.3, 0.4) is 0 Å². The van der Waals surface area contributed by atoms with E-state index in [-0.39, 0.29) is 10.7 Å². The fraction of sp³-hybridized carbons (Fsp3) is 0.156. The highest BCUT2D eigenvalue weighted by Crippen LogP contribution is 2.36. The molecule has 202 valence electrons. The van der Waals surface area contributed by atoms with Gasteiger partial charge in [-0.15, -0.1) is 0 Å². The molecular weight excluding hydrogens is 635 g/mol. The predicted octanol–water partition coefficient (Wildman–Crippen LogP) is 6.82. The molecule has 1 heterocycles. The van der Waals surface area contributed by atoms with Gasteiger partial charge in [0.05, 0.1) is 15.9 Å². The topological polar surface area (TPSA) is 67.9 Å². The van der Waals surface area contributed by atoms with Crippen molar-refractivity contribution in [3.8, 4) is 11.5 Å². The van der Waals surface area contributed by atoms with Gasteiger partial charge in [0.25, 0.3) is 11.8 Å². The molecule has 1 aliphatic rings. The minimum Gasteiger partial charge on any atom is -0.490 e. The van der Waals surface area contributed by atoms with Gasteiger partial charge in [0.2, 0.25) is 0 Å². The summed E-state index contributed by atoms with van der Waals surface area (Å²) in [4.78, 5) is 27.7. The maximum absolute atomic E-state index is 13.5. The predicted molar refractivity (Wildman–Crippen MR) is 171 cm³/mol. The maximum Gasteiger partial charge on any atom is 0.270 e. The molecule has 0 bridgehead atoms. The molecule has 1 fully saturated rings. The molecule has 6 nitrogen and oxygen atoms in total. The lowest BCUT2D eigenvalue weighted by atomic mass is 10.1. The van der Waals surface area contributed by atoms with E-state index < -0.39 is 11.8 Å². The number of nitrogens with one attached hydrogen (secondary N) is 1. The molecule has 1 saturated heterocycles. The first-order valence-electron chi connectivity index (χ1n) is 12.9. The van der Waals surface area contributed by atoms with Crippen molar-refractivity contribution in [2.24, 2.45) is 0 Å². The van der Waals surface area contributed by atoms with E-state index in [0.717, 1.165) is 26.5 Å². The molecule has 0 radical (unpaired) electrons. The summed E-state index contributed by atoms with van der Waals surface area (Å²) in [5.41, 5.74) is 3.39. The normalized spacial score (nSPS) is 14.5. The van der Waals surface area contributed by atoms with Gasteiger partial charge in [-0.25, -0.2) is 0 Å². The molecule has 0 aliphatic carbocycles. The van der Waals surface area contributed by atoms with Gasteiger partial charge >= 0.3 is 0 Å². The molecule has 0 aromatic heterocycles. The van der Waals surface area contributed by atoms with Crippen LogP contribution in [0.15, 0.2) is 84.4 Å². The van der Waals surface area contributed by atoms with Crippen molar-refractivity contribution in [3.63, 3.8) is 0 Å². The molecule has 8 heteroatoms. The number of rotatable bonds is 8. The Hall–Kier alpha value is -3.76. The van der Waals surface area contributed by atoms with Crippen LogP contribution in [0.2, 0.25) is 0 Å². The first kappa shape index (κ1) is 27.8. The third-order valence-corrected chi connectivity index (χ3v) is 7.63. The van der Waals surface area contributed by atoms with Crippen molar-refractivity contribution in [3.05, 3.63) is 105 Å². The van der Waals surface area contributed by atoms with Crippen molar-refractivity contribution in [2.75, 3.05) is 11.5 Å². The summed E-state index contributed by atoms with van der Waals surface area (Å²) >= 11 is 7.52. The van der Waals surface area contributed by atoms with Crippen LogP contribution in [0.4, 0.5) is 5.69 Å². The highest BCUT2D eigenvalue weighted by atomic mass is 127. The highest BCUT2D eigenvalue weighted by Gasteiger charge is 2.34. The molecule has 1 N–H and O–H groups in total. The molecule has 0 unspecified atom stereocenters. The number of carbonyl (C=O) groups is 2. The van der Waals surface area contributed by atoms with Gasteiger partial charge in [-0.2, -0.15) is 0 Å². The Morgan fingerprint density at radius 3 is 2.35 bits per heavy atom. The van der Waals surface area contributed by atoms with Crippen LogP contribution in [0.1, 0.15) is 30.5 Å². The van der Waals surface area contributed by atoms with Gasteiger partial charge in [0.1, 0.15) is 12.2 Å². The van der Waals surface area contributed by atoms with E-state index in [4.69, 9.17) is 21.7 Å². The molecule has 0 saturated carbocycles. The number of hydrogen-bond acceptors (Lipinski definition) is 5. The van der Waals surface area contributed by atoms with E-state index >= 15 is 0 Å². The maximum atomic E-state index is 13.5. The molecule has 0 atom stereocenters. The Morgan fingerprint density at radius 1 is 0.900 bits per heavy atom. The van der Waals surface area contributed by atoms with Gasteiger partial charge < -0.3 is 9.47 Å². The van der Waals surface area contributed by atoms with Crippen LogP contribution in [-0.4, -0.2) is 23.5 Å². The smallest absolute Gasteiger partial charge is 0.270 e. The molecule has 4 aromatic rings. The lowest BCUT2D eigenvalue weighted by Gasteiger charge is -2.29. The first-order valence-corrected chi connectivity index (χ1v) is 14.4. The Labute approximate surface area is 252 Å². The molecule has 0 spiro atoms. The van der Waals surface area contributed by atoms with Crippen LogP contribution in [0.5, 0.6) is 11.5 Å². The first-order chi connectivity index (χ1) is 19.4. The lowest BCUT2D eigenvalue weighted by Crippen LogP contribution is -2.54. The van der Waals surface area contributed by atoms with Gasteiger partial charge in [-0.1, -0.05) is 55.5 Å². The number of hydrogen-bond donors (Lipinski definition) is 1. The largest absolute Gasteiger partial charge is 0.490 e. The number of aryl methyl sites for hydroxylation is 1. The molecule has 1 aliphatic heterocycles. The number of nitrogens with zero attached hydrogens (tertiary/aromatic N) is 1. The zero-order chi connectivity index (χ0) is 28.2. The Morgan fingerprint density at radius 2 is 1.62 bits per heavy atom. The SMILES string of the molecule is CCOc1cc(/C=C2\C(=O)NC(=S)N(c3ccc(CC)cc3)C2=O)cc(I)c1OCc1ccc2ccccc2c1. The van der Waals surface area contributed by atoms with E-state index in [2.05, 4.69) is 59.1 Å². The summed E-state index contributed by atoms with van der Waals surface area (Å²) in [5.74, 6) is 0.118. The zero-order valence-electron chi connectivity index (χ0n) is 22.1. The summed E-state index contributed by atoms with van der Waals surface area (Å²) in [5, 5.41) is 5.02. The second-order valence-corrected chi connectivity index (χ2v) is 10.8. The highest BCUT2D eigenvalue weighted by molar-refractivity contribution is 14.1. The Kier molecular flexibility index (Phi) is 8.46. The van der Waals surface area contributed by atoms with Gasteiger partial charge in [-0.05, 0) is 112 Å². The second-order valence-electron chi connectivity index (χ2n) is 9.21. The van der Waals surface area contributed by atoms with Crippen molar-refractivity contribution < 1.29 is 19.1 Å².